The maximum atomic E-state index is 12.6. The smallest absolute Gasteiger partial charge is 0.304 e. The van der Waals surface area contributed by atoms with Crippen LogP contribution >= 0.6 is 11.6 Å². The van der Waals surface area contributed by atoms with Crippen molar-refractivity contribution in [3.8, 4) is 0 Å². The quantitative estimate of drug-likeness (QED) is 0.816. The van der Waals surface area contributed by atoms with E-state index in [1.165, 1.54) is 18.3 Å². The first-order valence-corrected chi connectivity index (χ1v) is 4.50. The van der Waals surface area contributed by atoms with E-state index in [1.807, 2.05) is 0 Å². The molecule has 0 saturated heterocycles. The van der Waals surface area contributed by atoms with Gasteiger partial charge in [-0.1, -0.05) is 17.7 Å². The number of hydrogen-bond donors (Lipinski definition) is 1. The Bertz CT molecular complexity index is 360. The van der Waals surface area contributed by atoms with E-state index in [0.717, 1.165) is 0 Å². The van der Waals surface area contributed by atoms with Gasteiger partial charge in [-0.3, -0.25) is 4.79 Å². The van der Waals surface area contributed by atoms with E-state index >= 15 is 0 Å². The van der Waals surface area contributed by atoms with Gasteiger partial charge in [0, 0.05) is 6.20 Å². The summed E-state index contributed by atoms with van der Waals surface area (Å²) in [7, 11) is 0. The molecule has 1 rings (SSSR count). The van der Waals surface area contributed by atoms with Gasteiger partial charge in [-0.2, -0.15) is 0 Å². The van der Waals surface area contributed by atoms with Crippen molar-refractivity contribution in [2.75, 3.05) is 0 Å². The molecule has 0 fully saturated rings. The molecule has 0 aliphatic carbocycles. The van der Waals surface area contributed by atoms with E-state index in [1.54, 1.807) is 0 Å². The zero-order chi connectivity index (χ0) is 11.4. The second-order valence-electron chi connectivity index (χ2n) is 2.92. The van der Waals surface area contributed by atoms with Crippen molar-refractivity contribution in [3.05, 3.63) is 29.0 Å². The van der Waals surface area contributed by atoms with Crippen LogP contribution in [-0.4, -0.2) is 22.5 Å². The predicted octanol–water partition coefficient (Wildman–Crippen LogP) is 2.56. The molecule has 1 aromatic rings. The number of pyridine rings is 1. The van der Waals surface area contributed by atoms with Crippen molar-refractivity contribution >= 4 is 17.6 Å². The molecule has 0 bridgehead atoms. The fraction of sp³-hybridized carbons (Fsp3) is 0.333. The zero-order valence-electron chi connectivity index (χ0n) is 7.53. The number of nitrogens with zero attached hydrogens (tertiary/aromatic N) is 1. The lowest BCUT2D eigenvalue weighted by Crippen LogP contribution is -2.14. The van der Waals surface area contributed by atoms with Gasteiger partial charge in [-0.05, 0) is 11.6 Å². The summed E-state index contributed by atoms with van der Waals surface area (Å²) in [6.07, 6.45) is -2.08. The van der Waals surface area contributed by atoms with E-state index < -0.39 is 24.7 Å². The van der Waals surface area contributed by atoms with Crippen LogP contribution < -0.4 is 0 Å². The van der Waals surface area contributed by atoms with Crippen LogP contribution in [0, 0.1) is 0 Å². The third-order valence-electron chi connectivity index (χ3n) is 1.89. The number of aromatic nitrogens is 1. The molecule has 0 aromatic carbocycles. The monoisotopic (exact) mass is 235 g/mol. The van der Waals surface area contributed by atoms with Gasteiger partial charge in [0.25, 0.3) is 0 Å². The first-order valence-electron chi connectivity index (χ1n) is 4.12. The van der Waals surface area contributed by atoms with Crippen LogP contribution in [0.5, 0.6) is 0 Å². The number of carboxylic acids is 1. The molecule has 1 heterocycles. The van der Waals surface area contributed by atoms with Crippen LogP contribution in [0.3, 0.4) is 0 Å². The molecule has 1 unspecified atom stereocenters. The summed E-state index contributed by atoms with van der Waals surface area (Å²) in [5.74, 6) is -2.70. The fourth-order valence-corrected chi connectivity index (χ4v) is 1.46. The molecule has 1 aromatic heterocycles. The second kappa shape index (κ2) is 5.02. The standard InChI is InChI=1S/C9H8ClF2NO2/c10-8-5(2-1-3-13-8)6(9(11)12)4-7(14)15/h1-3,6,9H,4H2,(H,14,15). The van der Waals surface area contributed by atoms with Crippen LogP contribution in [0.25, 0.3) is 0 Å². The van der Waals surface area contributed by atoms with Crippen molar-refractivity contribution in [3.63, 3.8) is 0 Å². The Morgan fingerprint density at radius 3 is 2.73 bits per heavy atom. The molecular weight excluding hydrogens is 228 g/mol. The second-order valence-corrected chi connectivity index (χ2v) is 3.28. The summed E-state index contributed by atoms with van der Waals surface area (Å²) < 4.78 is 25.2. The SMILES string of the molecule is O=C(O)CC(c1cccnc1Cl)C(F)F. The Balaban J connectivity index is 2.99. The third kappa shape index (κ3) is 3.13. The summed E-state index contributed by atoms with van der Waals surface area (Å²) in [5, 5.41) is 8.41. The maximum Gasteiger partial charge on any atom is 0.304 e. The molecule has 3 nitrogen and oxygen atoms in total. The first kappa shape index (κ1) is 11.8. The molecule has 0 spiro atoms. The summed E-state index contributed by atoms with van der Waals surface area (Å²) in [5.41, 5.74) is 0.0663. The van der Waals surface area contributed by atoms with Gasteiger partial charge in [0.1, 0.15) is 5.15 Å². The highest BCUT2D eigenvalue weighted by atomic mass is 35.5. The highest BCUT2D eigenvalue weighted by Gasteiger charge is 2.27. The summed E-state index contributed by atoms with van der Waals surface area (Å²) >= 11 is 5.61. The van der Waals surface area contributed by atoms with Crippen LogP contribution in [0.15, 0.2) is 18.3 Å². The van der Waals surface area contributed by atoms with E-state index in [0.29, 0.717) is 0 Å². The Morgan fingerprint density at radius 2 is 2.27 bits per heavy atom. The predicted molar refractivity (Wildman–Crippen MR) is 50.2 cm³/mol. The van der Waals surface area contributed by atoms with Crippen LogP contribution in [0.4, 0.5) is 8.78 Å². The highest BCUT2D eigenvalue weighted by Crippen LogP contribution is 2.30. The lowest BCUT2D eigenvalue weighted by molar-refractivity contribution is -0.138. The molecule has 0 saturated carbocycles. The van der Waals surface area contributed by atoms with E-state index in [9.17, 15) is 13.6 Å². The minimum absolute atomic E-state index is 0.0663. The van der Waals surface area contributed by atoms with Crippen molar-refractivity contribution in [2.45, 2.75) is 18.8 Å². The number of carbonyl (C=O) groups is 1. The van der Waals surface area contributed by atoms with Crippen molar-refractivity contribution in [1.29, 1.82) is 0 Å². The number of aliphatic carboxylic acids is 1. The van der Waals surface area contributed by atoms with Crippen LogP contribution in [0.1, 0.15) is 17.9 Å². The molecule has 0 amide bonds. The first-order chi connectivity index (χ1) is 7.02. The zero-order valence-corrected chi connectivity index (χ0v) is 8.29. The van der Waals surface area contributed by atoms with Gasteiger partial charge in [-0.15, -0.1) is 0 Å². The molecule has 6 heteroatoms. The van der Waals surface area contributed by atoms with Gasteiger partial charge in [0.15, 0.2) is 0 Å². The molecule has 0 aliphatic rings. The van der Waals surface area contributed by atoms with Gasteiger partial charge in [0.05, 0.1) is 12.3 Å². The van der Waals surface area contributed by atoms with Crippen molar-refractivity contribution in [1.82, 2.24) is 4.98 Å². The lowest BCUT2D eigenvalue weighted by atomic mass is 9.98. The topological polar surface area (TPSA) is 50.2 Å². The van der Waals surface area contributed by atoms with Crippen molar-refractivity contribution < 1.29 is 18.7 Å². The summed E-state index contributed by atoms with van der Waals surface area (Å²) in [4.78, 5) is 14.0. The van der Waals surface area contributed by atoms with Crippen LogP contribution in [0.2, 0.25) is 5.15 Å². The van der Waals surface area contributed by atoms with Gasteiger partial charge in [0.2, 0.25) is 6.43 Å². The number of carboxylic acid groups (broad SMARTS) is 1. The normalized spacial score (nSPS) is 12.8. The summed E-state index contributed by atoms with van der Waals surface area (Å²) in [6.45, 7) is 0. The number of halogens is 3. The fourth-order valence-electron chi connectivity index (χ4n) is 1.20. The van der Waals surface area contributed by atoms with E-state index in [4.69, 9.17) is 16.7 Å². The maximum absolute atomic E-state index is 12.6. The van der Waals surface area contributed by atoms with Crippen LogP contribution in [-0.2, 0) is 4.79 Å². The molecule has 82 valence electrons. The van der Waals surface area contributed by atoms with Gasteiger partial charge in [-0.25, -0.2) is 13.8 Å². The minimum Gasteiger partial charge on any atom is -0.481 e. The van der Waals surface area contributed by atoms with Gasteiger partial charge < -0.3 is 5.11 Å². The number of hydrogen-bond acceptors (Lipinski definition) is 2. The van der Waals surface area contributed by atoms with E-state index in [-0.39, 0.29) is 10.7 Å². The molecule has 0 aliphatic heterocycles. The average molecular weight is 236 g/mol. The van der Waals surface area contributed by atoms with Gasteiger partial charge >= 0.3 is 5.97 Å². The van der Waals surface area contributed by atoms with E-state index in [2.05, 4.69) is 4.98 Å². The largest absolute Gasteiger partial charge is 0.481 e. The molecule has 1 N–H and O–H groups in total. The molecule has 15 heavy (non-hydrogen) atoms. The lowest BCUT2D eigenvalue weighted by Gasteiger charge is -2.14. The Kier molecular flexibility index (Phi) is 3.96. The highest BCUT2D eigenvalue weighted by molar-refractivity contribution is 6.30. The summed E-state index contributed by atoms with van der Waals surface area (Å²) in [6, 6.07) is 2.80. The third-order valence-corrected chi connectivity index (χ3v) is 2.20. The number of rotatable bonds is 4. The molecule has 1 atom stereocenters. The molecular formula is C9H8ClF2NO2. The number of alkyl halides is 2. The average Bonchev–Trinajstić information content (AvgIpc) is 2.15. The van der Waals surface area contributed by atoms with Crippen molar-refractivity contribution in [2.24, 2.45) is 0 Å². The minimum atomic E-state index is -2.78. The Labute approximate surface area is 89.7 Å². The Morgan fingerprint density at radius 1 is 1.60 bits per heavy atom. The molecule has 0 radical (unpaired) electrons. The Hall–Kier alpha value is -1.23.